The predicted octanol–water partition coefficient (Wildman–Crippen LogP) is 3.09. The highest BCUT2D eigenvalue weighted by atomic mass is 79.9. The lowest BCUT2D eigenvalue weighted by Gasteiger charge is -1.88. The first-order chi connectivity index (χ1) is 3.31. The highest BCUT2D eigenvalue weighted by Crippen LogP contribution is 2.10. The van der Waals surface area contributed by atoms with Gasteiger partial charge in [0.1, 0.15) is 0 Å². The van der Waals surface area contributed by atoms with Gasteiger partial charge in [0.25, 0.3) is 0 Å². The lowest BCUT2D eigenvalue weighted by Crippen LogP contribution is -1.65. The van der Waals surface area contributed by atoms with Crippen LogP contribution in [0, 0.1) is 0 Å². The van der Waals surface area contributed by atoms with Crippen LogP contribution in [0.2, 0.25) is 0 Å². The minimum atomic E-state index is 1.18. The van der Waals surface area contributed by atoms with Crippen LogP contribution in [0.4, 0.5) is 0 Å². The average molecular weight is 163 g/mol. The average Bonchev–Trinajstić information content (AvgIpc) is 1.68. The molecule has 0 atom stereocenters. The van der Waals surface area contributed by atoms with Crippen LogP contribution in [0.15, 0.2) is 10.6 Å². The second kappa shape index (κ2) is 4.38. The van der Waals surface area contributed by atoms with E-state index >= 15 is 0 Å². The van der Waals surface area contributed by atoms with Crippen LogP contribution in [0.3, 0.4) is 0 Å². The number of hydrogen-bond donors (Lipinski definition) is 0. The third-order valence-electron chi connectivity index (χ3n) is 0.802. The van der Waals surface area contributed by atoms with Gasteiger partial charge in [0.2, 0.25) is 0 Å². The standard InChI is InChI=1S/C6H11Br/c1-3-5-6(7)4-2/h4H,3,5H2,1-2H3. The Hall–Kier alpha value is 0.220. The van der Waals surface area contributed by atoms with Gasteiger partial charge in [-0.3, -0.25) is 0 Å². The third kappa shape index (κ3) is 4.07. The molecule has 0 spiro atoms. The van der Waals surface area contributed by atoms with Gasteiger partial charge >= 0.3 is 0 Å². The molecule has 0 aliphatic carbocycles. The van der Waals surface area contributed by atoms with Crippen molar-refractivity contribution in [2.24, 2.45) is 0 Å². The summed E-state index contributed by atoms with van der Waals surface area (Å²) in [5.74, 6) is 0. The zero-order chi connectivity index (χ0) is 5.70. The summed E-state index contributed by atoms with van der Waals surface area (Å²) in [5, 5.41) is 0. The largest absolute Gasteiger partial charge is 0.0775 e. The minimum Gasteiger partial charge on any atom is -0.0775 e. The van der Waals surface area contributed by atoms with Crippen molar-refractivity contribution in [1.82, 2.24) is 0 Å². The summed E-state index contributed by atoms with van der Waals surface area (Å²) in [6, 6.07) is 0. The van der Waals surface area contributed by atoms with Crippen molar-refractivity contribution in [2.45, 2.75) is 26.7 Å². The molecule has 0 amide bonds. The van der Waals surface area contributed by atoms with Crippen LogP contribution in [-0.4, -0.2) is 0 Å². The van der Waals surface area contributed by atoms with Crippen molar-refractivity contribution in [3.05, 3.63) is 10.6 Å². The molecule has 7 heavy (non-hydrogen) atoms. The van der Waals surface area contributed by atoms with Gasteiger partial charge in [-0.2, -0.15) is 0 Å². The lowest BCUT2D eigenvalue weighted by molar-refractivity contribution is 0.949. The Kier molecular flexibility index (Phi) is 4.52. The Morgan fingerprint density at radius 2 is 2.29 bits per heavy atom. The first-order valence-electron chi connectivity index (χ1n) is 2.62. The Balaban J connectivity index is 3.17. The predicted molar refractivity (Wildman–Crippen MR) is 37.6 cm³/mol. The summed E-state index contributed by atoms with van der Waals surface area (Å²) in [6.45, 7) is 4.21. The zero-order valence-electron chi connectivity index (χ0n) is 4.87. The van der Waals surface area contributed by atoms with Crippen molar-refractivity contribution in [1.29, 1.82) is 0 Å². The number of allylic oxidation sites excluding steroid dienone is 2. The summed E-state index contributed by atoms with van der Waals surface area (Å²) in [4.78, 5) is 0. The maximum absolute atomic E-state index is 3.40. The Morgan fingerprint density at radius 1 is 1.71 bits per heavy atom. The Labute approximate surface area is 53.7 Å². The molecule has 0 aromatic heterocycles. The molecule has 0 fully saturated rings. The van der Waals surface area contributed by atoms with E-state index in [0.29, 0.717) is 0 Å². The van der Waals surface area contributed by atoms with Gasteiger partial charge in [0, 0.05) is 0 Å². The van der Waals surface area contributed by atoms with Crippen LogP contribution in [-0.2, 0) is 0 Å². The monoisotopic (exact) mass is 162 g/mol. The van der Waals surface area contributed by atoms with Crippen molar-refractivity contribution in [3.8, 4) is 0 Å². The molecular formula is C6H11Br. The van der Waals surface area contributed by atoms with E-state index in [1.54, 1.807) is 0 Å². The fourth-order valence-electron chi connectivity index (χ4n) is 0.383. The fourth-order valence-corrected chi connectivity index (χ4v) is 0.780. The van der Waals surface area contributed by atoms with E-state index in [0.717, 1.165) is 0 Å². The van der Waals surface area contributed by atoms with Crippen LogP contribution in [0.5, 0.6) is 0 Å². The molecule has 0 unspecified atom stereocenters. The normalized spacial score (nSPS) is 12.1. The molecular weight excluding hydrogens is 152 g/mol. The molecule has 0 saturated carbocycles. The van der Waals surface area contributed by atoms with Crippen molar-refractivity contribution in [2.75, 3.05) is 0 Å². The first-order valence-corrected chi connectivity index (χ1v) is 3.41. The molecule has 0 saturated heterocycles. The number of hydrogen-bond acceptors (Lipinski definition) is 0. The maximum Gasteiger partial charge on any atom is -0.00921 e. The van der Waals surface area contributed by atoms with Crippen molar-refractivity contribution < 1.29 is 0 Å². The van der Waals surface area contributed by atoms with Crippen molar-refractivity contribution in [3.63, 3.8) is 0 Å². The molecule has 0 aromatic rings. The highest BCUT2D eigenvalue weighted by molar-refractivity contribution is 9.11. The highest BCUT2D eigenvalue weighted by Gasteiger charge is 1.82. The number of halogens is 1. The summed E-state index contributed by atoms with van der Waals surface area (Å²) in [5.41, 5.74) is 0. The minimum absolute atomic E-state index is 1.18. The van der Waals surface area contributed by atoms with Gasteiger partial charge in [-0.15, -0.1) is 0 Å². The van der Waals surface area contributed by atoms with Crippen molar-refractivity contribution >= 4 is 15.9 Å². The summed E-state index contributed by atoms with van der Waals surface area (Å²) >= 11 is 3.40. The molecule has 0 rings (SSSR count). The SMILES string of the molecule is CC=C(Br)CCC. The zero-order valence-corrected chi connectivity index (χ0v) is 6.46. The fraction of sp³-hybridized carbons (Fsp3) is 0.667. The molecule has 0 bridgehead atoms. The van der Waals surface area contributed by atoms with Crippen LogP contribution in [0.1, 0.15) is 26.7 Å². The smallest absolute Gasteiger partial charge is 0.00921 e. The Bertz CT molecular complexity index is 64.6. The second-order valence-electron chi connectivity index (χ2n) is 1.49. The second-order valence-corrected chi connectivity index (χ2v) is 2.50. The van der Waals surface area contributed by atoms with Crippen LogP contribution < -0.4 is 0 Å². The van der Waals surface area contributed by atoms with E-state index < -0.39 is 0 Å². The van der Waals surface area contributed by atoms with Gasteiger partial charge in [-0.05, 0) is 17.8 Å². The van der Waals surface area contributed by atoms with Gasteiger partial charge in [-0.1, -0.05) is 35.4 Å². The van der Waals surface area contributed by atoms with Gasteiger partial charge in [-0.25, -0.2) is 0 Å². The van der Waals surface area contributed by atoms with Gasteiger partial charge in [0.05, 0.1) is 0 Å². The van der Waals surface area contributed by atoms with E-state index in [2.05, 4.69) is 28.9 Å². The van der Waals surface area contributed by atoms with Crippen LogP contribution in [0.25, 0.3) is 0 Å². The number of rotatable bonds is 2. The maximum atomic E-state index is 3.40. The molecule has 0 N–H and O–H groups in total. The van der Waals surface area contributed by atoms with E-state index in [4.69, 9.17) is 0 Å². The Morgan fingerprint density at radius 3 is 2.43 bits per heavy atom. The molecule has 0 aliphatic rings. The summed E-state index contributed by atoms with van der Waals surface area (Å²) in [7, 11) is 0. The molecule has 42 valence electrons. The quantitative estimate of drug-likeness (QED) is 0.586. The molecule has 0 aromatic carbocycles. The van der Waals surface area contributed by atoms with E-state index in [9.17, 15) is 0 Å². The van der Waals surface area contributed by atoms with E-state index in [1.807, 2.05) is 6.92 Å². The van der Waals surface area contributed by atoms with E-state index in [-0.39, 0.29) is 0 Å². The third-order valence-corrected chi connectivity index (χ3v) is 1.66. The topological polar surface area (TPSA) is 0 Å². The summed E-state index contributed by atoms with van der Waals surface area (Å²) < 4.78 is 1.31. The molecule has 0 aliphatic heterocycles. The van der Waals surface area contributed by atoms with Gasteiger partial charge in [0.15, 0.2) is 0 Å². The first kappa shape index (κ1) is 7.22. The molecule has 0 radical (unpaired) electrons. The van der Waals surface area contributed by atoms with Gasteiger partial charge < -0.3 is 0 Å². The molecule has 1 heteroatoms. The summed E-state index contributed by atoms with van der Waals surface area (Å²) in [6.07, 6.45) is 4.49. The van der Waals surface area contributed by atoms with E-state index in [1.165, 1.54) is 17.3 Å². The lowest BCUT2D eigenvalue weighted by atomic mass is 10.3. The van der Waals surface area contributed by atoms with Crippen LogP contribution >= 0.6 is 15.9 Å². The molecule has 0 heterocycles. The molecule has 0 nitrogen and oxygen atoms in total.